The Morgan fingerprint density at radius 2 is 2.05 bits per heavy atom. The van der Waals surface area contributed by atoms with Crippen molar-refractivity contribution in [2.45, 2.75) is 25.4 Å². The van der Waals surface area contributed by atoms with Crippen LogP contribution in [0.3, 0.4) is 0 Å². The van der Waals surface area contributed by atoms with E-state index >= 15 is 0 Å². The van der Waals surface area contributed by atoms with Gasteiger partial charge in [0.05, 0.1) is 0 Å². The number of carbonyl (C=O) groups is 1. The molecule has 0 saturated carbocycles. The van der Waals surface area contributed by atoms with Crippen LogP contribution in [0, 0.1) is 0 Å². The summed E-state index contributed by atoms with van der Waals surface area (Å²) in [4.78, 5) is 14.6. The molecule has 0 aliphatic carbocycles. The third-order valence-corrected chi connectivity index (χ3v) is 4.31. The van der Waals surface area contributed by atoms with Gasteiger partial charge in [0.2, 0.25) is 0 Å². The number of rotatable bonds is 4. The smallest absolute Gasteiger partial charge is 0.270 e. The molecule has 2 heterocycles. The van der Waals surface area contributed by atoms with Crippen molar-refractivity contribution in [3.8, 4) is 0 Å². The summed E-state index contributed by atoms with van der Waals surface area (Å²) in [7, 11) is 1.92. The van der Waals surface area contributed by atoms with Crippen LogP contribution in [0.1, 0.15) is 28.9 Å². The summed E-state index contributed by atoms with van der Waals surface area (Å²) in [5.41, 5.74) is 2.05. The SMILES string of the molecule is Cn1cccc1C(=O)N1CCC[C@H](NCc2ccccc2)C1. The van der Waals surface area contributed by atoms with Gasteiger partial charge in [0.1, 0.15) is 5.69 Å². The number of hydrogen-bond donors (Lipinski definition) is 1. The van der Waals surface area contributed by atoms with Gasteiger partial charge in [-0.3, -0.25) is 4.79 Å². The summed E-state index contributed by atoms with van der Waals surface area (Å²) < 4.78 is 1.89. The Balaban J connectivity index is 1.57. The van der Waals surface area contributed by atoms with Crippen molar-refractivity contribution in [1.82, 2.24) is 14.8 Å². The molecule has 4 nitrogen and oxygen atoms in total. The zero-order chi connectivity index (χ0) is 15.4. The molecule has 4 heteroatoms. The van der Waals surface area contributed by atoms with Crippen LogP contribution in [-0.2, 0) is 13.6 Å². The summed E-state index contributed by atoms with van der Waals surface area (Å²) in [5.74, 6) is 0.138. The predicted octanol–water partition coefficient (Wildman–Crippen LogP) is 2.42. The van der Waals surface area contributed by atoms with Gasteiger partial charge in [0.15, 0.2) is 0 Å². The van der Waals surface area contributed by atoms with Gasteiger partial charge in [0, 0.05) is 38.9 Å². The molecule has 1 saturated heterocycles. The van der Waals surface area contributed by atoms with Crippen molar-refractivity contribution < 1.29 is 4.79 Å². The average molecular weight is 297 g/mol. The predicted molar refractivity (Wildman–Crippen MR) is 87.6 cm³/mol. The lowest BCUT2D eigenvalue weighted by molar-refractivity contribution is 0.0684. The molecule has 0 spiro atoms. The van der Waals surface area contributed by atoms with Crippen LogP contribution >= 0.6 is 0 Å². The monoisotopic (exact) mass is 297 g/mol. The Bertz CT molecular complexity index is 620. The topological polar surface area (TPSA) is 37.3 Å². The van der Waals surface area contributed by atoms with E-state index in [-0.39, 0.29) is 5.91 Å². The van der Waals surface area contributed by atoms with Gasteiger partial charge in [-0.05, 0) is 30.5 Å². The molecule has 1 fully saturated rings. The van der Waals surface area contributed by atoms with Crippen LogP contribution < -0.4 is 5.32 Å². The second kappa shape index (κ2) is 6.79. The Morgan fingerprint density at radius 1 is 1.23 bits per heavy atom. The molecule has 2 aromatic rings. The largest absolute Gasteiger partial charge is 0.347 e. The minimum absolute atomic E-state index is 0.138. The minimum Gasteiger partial charge on any atom is -0.347 e. The van der Waals surface area contributed by atoms with Crippen LogP contribution in [0.2, 0.25) is 0 Å². The molecule has 1 aromatic carbocycles. The summed E-state index contributed by atoms with van der Waals surface area (Å²) in [6.07, 6.45) is 4.11. The van der Waals surface area contributed by atoms with Gasteiger partial charge in [-0.2, -0.15) is 0 Å². The molecule has 1 amide bonds. The first kappa shape index (κ1) is 14.9. The Labute approximate surface area is 131 Å². The van der Waals surface area contributed by atoms with Crippen molar-refractivity contribution >= 4 is 5.91 Å². The number of likely N-dealkylation sites (tertiary alicyclic amines) is 1. The number of nitrogens with one attached hydrogen (secondary N) is 1. The number of carbonyl (C=O) groups excluding carboxylic acids is 1. The van der Waals surface area contributed by atoms with E-state index in [1.165, 1.54) is 5.56 Å². The standard InChI is InChI=1S/C18H23N3O/c1-20-11-6-10-17(20)18(22)21-12-5-9-16(14-21)19-13-15-7-3-2-4-8-15/h2-4,6-8,10-11,16,19H,5,9,12-14H2,1H3/t16-/m0/s1. The van der Waals surface area contributed by atoms with E-state index in [9.17, 15) is 4.79 Å². The highest BCUT2D eigenvalue weighted by atomic mass is 16.2. The van der Waals surface area contributed by atoms with E-state index in [1.54, 1.807) is 0 Å². The number of aromatic nitrogens is 1. The van der Waals surface area contributed by atoms with Gasteiger partial charge < -0.3 is 14.8 Å². The fraction of sp³-hybridized carbons (Fsp3) is 0.389. The molecule has 3 rings (SSSR count). The normalized spacial score (nSPS) is 18.4. The van der Waals surface area contributed by atoms with Gasteiger partial charge >= 0.3 is 0 Å². The van der Waals surface area contributed by atoms with Gasteiger partial charge in [-0.15, -0.1) is 0 Å². The van der Waals surface area contributed by atoms with E-state index in [2.05, 4.69) is 29.6 Å². The molecule has 1 aliphatic rings. The number of piperidine rings is 1. The number of hydrogen-bond acceptors (Lipinski definition) is 2. The van der Waals surface area contributed by atoms with E-state index in [0.29, 0.717) is 6.04 Å². The van der Waals surface area contributed by atoms with Crippen LogP contribution in [0.25, 0.3) is 0 Å². The third-order valence-electron chi connectivity index (χ3n) is 4.31. The molecule has 1 aliphatic heterocycles. The van der Waals surface area contributed by atoms with Crippen molar-refractivity contribution in [2.75, 3.05) is 13.1 Å². The van der Waals surface area contributed by atoms with Crippen molar-refractivity contribution in [3.05, 3.63) is 59.9 Å². The van der Waals surface area contributed by atoms with E-state index in [4.69, 9.17) is 0 Å². The minimum atomic E-state index is 0.138. The molecular formula is C18H23N3O. The highest BCUT2D eigenvalue weighted by Crippen LogP contribution is 2.14. The number of aryl methyl sites for hydroxylation is 1. The maximum atomic E-state index is 12.6. The number of amides is 1. The number of benzene rings is 1. The molecule has 22 heavy (non-hydrogen) atoms. The summed E-state index contributed by atoms with van der Waals surface area (Å²) >= 11 is 0. The first-order valence-electron chi connectivity index (χ1n) is 7.92. The van der Waals surface area contributed by atoms with E-state index < -0.39 is 0 Å². The second-order valence-electron chi connectivity index (χ2n) is 5.96. The molecule has 0 bridgehead atoms. The van der Waals surface area contributed by atoms with Crippen molar-refractivity contribution in [3.63, 3.8) is 0 Å². The quantitative estimate of drug-likeness (QED) is 0.941. The fourth-order valence-electron chi connectivity index (χ4n) is 3.03. The summed E-state index contributed by atoms with van der Waals surface area (Å²) in [6.45, 7) is 2.50. The fourth-order valence-corrected chi connectivity index (χ4v) is 3.03. The van der Waals surface area contributed by atoms with Crippen LogP contribution in [-0.4, -0.2) is 34.5 Å². The highest BCUT2D eigenvalue weighted by molar-refractivity contribution is 5.92. The molecule has 116 valence electrons. The number of nitrogens with zero attached hydrogens (tertiary/aromatic N) is 2. The summed E-state index contributed by atoms with van der Waals surface area (Å²) in [6, 6.07) is 14.6. The Hall–Kier alpha value is -2.07. The van der Waals surface area contributed by atoms with E-state index in [1.807, 2.05) is 40.9 Å². The maximum Gasteiger partial charge on any atom is 0.270 e. The molecule has 1 atom stereocenters. The third kappa shape index (κ3) is 3.39. The Kier molecular flexibility index (Phi) is 4.59. The lowest BCUT2D eigenvalue weighted by Crippen LogP contribution is -2.48. The van der Waals surface area contributed by atoms with Crippen molar-refractivity contribution in [2.24, 2.45) is 7.05 Å². The summed E-state index contributed by atoms with van der Waals surface area (Å²) in [5, 5.41) is 3.58. The molecule has 0 unspecified atom stereocenters. The zero-order valence-corrected chi connectivity index (χ0v) is 13.0. The van der Waals surface area contributed by atoms with Crippen LogP contribution in [0.5, 0.6) is 0 Å². The lowest BCUT2D eigenvalue weighted by Gasteiger charge is -2.33. The highest BCUT2D eigenvalue weighted by Gasteiger charge is 2.25. The van der Waals surface area contributed by atoms with Crippen molar-refractivity contribution in [1.29, 1.82) is 0 Å². The molecule has 1 N–H and O–H groups in total. The Morgan fingerprint density at radius 3 is 2.77 bits per heavy atom. The van der Waals surface area contributed by atoms with E-state index in [0.717, 1.165) is 38.2 Å². The lowest BCUT2D eigenvalue weighted by atomic mass is 10.0. The molecular weight excluding hydrogens is 274 g/mol. The van der Waals surface area contributed by atoms with Gasteiger partial charge in [-0.25, -0.2) is 0 Å². The molecule has 1 aromatic heterocycles. The van der Waals surface area contributed by atoms with Crippen LogP contribution in [0.4, 0.5) is 0 Å². The van der Waals surface area contributed by atoms with Gasteiger partial charge in [-0.1, -0.05) is 30.3 Å². The molecule has 0 radical (unpaired) electrons. The zero-order valence-electron chi connectivity index (χ0n) is 13.0. The van der Waals surface area contributed by atoms with Crippen LogP contribution in [0.15, 0.2) is 48.7 Å². The average Bonchev–Trinajstić information content (AvgIpc) is 2.99. The van der Waals surface area contributed by atoms with Gasteiger partial charge in [0.25, 0.3) is 5.91 Å². The maximum absolute atomic E-state index is 12.6. The second-order valence-corrected chi connectivity index (χ2v) is 5.96. The first-order valence-corrected chi connectivity index (χ1v) is 7.92. The first-order chi connectivity index (χ1) is 10.7.